The number of benzene rings is 2. The van der Waals surface area contributed by atoms with Crippen molar-refractivity contribution in [3.63, 3.8) is 0 Å². The molecular formula is C16H13NO3. The highest BCUT2D eigenvalue weighted by molar-refractivity contribution is 6.02. The summed E-state index contributed by atoms with van der Waals surface area (Å²) in [6.07, 6.45) is -0.414. The zero-order valence-corrected chi connectivity index (χ0v) is 10.7. The standard InChI is InChI=1S/C16H13NO3/c17-13-8-4-3-7-12(13)14(18)9-15-10-5-1-2-6-11(10)16(19)20-15/h1-8,15H,9,17H2/t15-/m0/s1. The van der Waals surface area contributed by atoms with Gasteiger partial charge in [0.15, 0.2) is 5.78 Å². The molecule has 1 aliphatic heterocycles. The van der Waals surface area contributed by atoms with E-state index in [4.69, 9.17) is 10.5 Å². The van der Waals surface area contributed by atoms with Gasteiger partial charge in [0.1, 0.15) is 6.10 Å². The molecule has 1 heterocycles. The lowest BCUT2D eigenvalue weighted by atomic mass is 9.98. The van der Waals surface area contributed by atoms with Crippen LogP contribution in [0.5, 0.6) is 0 Å². The molecule has 0 unspecified atom stereocenters. The Labute approximate surface area is 116 Å². The Morgan fingerprint density at radius 2 is 1.80 bits per heavy atom. The summed E-state index contributed by atoms with van der Waals surface area (Å²) in [6.45, 7) is 0. The van der Waals surface area contributed by atoms with Crippen LogP contribution in [-0.4, -0.2) is 11.8 Å². The molecule has 0 fully saturated rings. The van der Waals surface area contributed by atoms with E-state index in [9.17, 15) is 9.59 Å². The predicted molar refractivity (Wildman–Crippen MR) is 74.4 cm³/mol. The van der Waals surface area contributed by atoms with Gasteiger partial charge in [0, 0.05) is 16.8 Å². The van der Waals surface area contributed by atoms with Crippen LogP contribution in [0.1, 0.15) is 38.8 Å². The topological polar surface area (TPSA) is 69.4 Å². The molecule has 1 aliphatic rings. The SMILES string of the molecule is Nc1ccccc1C(=O)C[C@@H]1OC(=O)c2ccccc21. The number of Topliss-reactive ketones (excluding diaryl/α,β-unsaturated/α-hetero) is 1. The highest BCUT2D eigenvalue weighted by Gasteiger charge is 2.32. The zero-order chi connectivity index (χ0) is 14.1. The highest BCUT2D eigenvalue weighted by atomic mass is 16.5. The second-order valence-electron chi connectivity index (χ2n) is 4.70. The second kappa shape index (κ2) is 4.81. The first-order valence-electron chi connectivity index (χ1n) is 6.34. The Hall–Kier alpha value is -2.62. The van der Waals surface area contributed by atoms with Gasteiger partial charge in [-0.15, -0.1) is 0 Å². The molecule has 1 atom stereocenters. The molecule has 2 aromatic carbocycles. The number of esters is 1. The molecule has 0 saturated carbocycles. The van der Waals surface area contributed by atoms with Crippen LogP contribution >= 0.6 is 0 Å². The van der Waals surface area contributed by atoms with Crippen molar-refractivity contribution >= 4 is 17.4 Å². The minimum atomic E-state index is -0.522. The Balaban J connectivity index is 1.85. The first-order chi connectivity index (χ1) is 9.66. The van der Waals surface area contributed by atoms with E-state index in [2.05, 4.69) is 0 Å². The third-order valence-electron chi connectivity index (χ3n) is 3.41. The van der Waals surface area contributed by atoms with Crippen molar-refractivity contribution in [1.29, 1.82) is 0 Å². The van der Waals surface area contributed by atoms with E-state index in [1.54, 1.807) is 36.4 Å². The van der Waals surface area contributed by atoms with Crippen LogP contribution in [0.2, 0.25) is 0 Å². The molecule has 2 N–H and O–H groups in total. The molecule has 3 rings (SSSR count). The average Bonchev–Trinajstić information content (AvgIpc) is 2.76. The van der Waals surface area contributed by atoms with E-state index in [1.807, 2.05) is 12.1 Å². The maximum atomic E-state index is 12.3. The molecule has 100 valence electrons. The van der Waals surface area contributed by atoms with Gasteiger partial charge in [-0.3, -0.25) is 4.79 Å². The lowest BCUT2D eigenvalue weighted by Gasteiger charge is -2.10. The number of rotatable bonds is 3. The summed E-state index contributed by atoms with van der Waals surface area (Å²) < 4.78 is 5.26. The number of hydrogen-bond donors (Lipinski definition) is 1. The van der Waals surface area contributed by atoms with Crippen molar-refractivity contribution in [1.82, 2.24) is 0 Å². The molecule has 0 saturated heterocycles. The van der Waals surface area contributed by atoms with E-state index >= 15 is 0 Å². The number of anilines is 1. The van der Waals surface area contributed by atoms with Crippen molar-refractivity contribution in [2.75, 3.05) is 5.73 Å². The fourth-order valence-electron chi connectivity index (χ4n) is 2.40. The van der Waals surface area contributed by atoms with E-state index in [1.165, 1.54) is 0 Å². The number of carbonyl (C=O) groups excluding carboxylic acids is 2. The van der Waals surface area contributed by atoms with Crippen LogP contribution < -0.4 is 5.73 Å². The number of nitrogen functional groups attached to an aromatic ring is 1. The summed E-state index contributed by atoms with van der Waals surface area (Å²) in [7, 11) is 0. The molecule has 0 aliphatic carbocycles. The smallest absolute Gasteiger partial charge is 0.339 e. The Morgan fingerprint density at radius 1 is 1.10 bits per heavy atom. The Morgan fingerprint density at radius 3 is 2.60 bits per heavy atom. The number of para-hydroxylation sites is 1. The molecule has 0 amide bonds. The number of nitrogens with two attached hydrogens (primary N) is 1. The molecule has 0 bridgehead atoms. The molecule has 4 nitrogen and oxygen atoms in total. The fourth-order valence-corrected chi connectivity index (χ4v) is 2.40. The molecule has 20 heavy (non-hydrogen) atoms. The maximum absolute atomic E-state index is 12.3. The van der Waals surface area contributed by atoms with Gasteiger partial charge in [-0.05, 0) is 18.2 Å². The third-order valence-corrected chi connectivity index (χ3v) is 3.41. The lowest BCUT2D eigenvalue weighted by molar-refractivity contribution is 0.0367. The minimum Gasteiger partial charge on any atom is -0.453 e. The van der Waals surface area contributed by atoms with Crippen molar-refractivity contribution < 1.29 is 14.3 Å². The van der Waals surface area contributed by atoms with Gasteiger partial charge in [0.2, 0.25) is 0 Å². The van der Waals surface area contributed by atoms with Crippen molar-refractivity contribution in [2.45, 2.75) is 12.5 Å². The van der Waals surface area contributed by atoms with E-state index in [-0.39, 0.29) is 18.2 Å². The van der Waals surface area contributed by atoms with Crippen molar-refractivity contribution in [3.8, 4) is 0 Å². The monoisotopic (exact) mass is 267 g/mol. The maximum Gasteiger partial charge on any atom is 0.339 e. The van der Waals surface area contributed by atoms with Crippen LogP contribution in [0.4, 0.5) is 5.69 Å². The molecule has 0 aromatic heterocycles. The summed E-state index contributed by atoms with van der Waals surface area (Å²) in [6, 6.07) is 14.0. The molecular weight excluding hydrogens is 254 g/mol. The van der Waals surface area contributed by atoms with Gasteiger partial charge in [-0.25, -0.2) is 4.79 Å². The second-order valence-corrected chi connectivity index (χ2v) is 4.70. The summed E-state index contributed by atoms with van der Waals surface area (Å²) in [5.41, 5.74) is 7.99. The lowest BCUT2D eigenvalue weighted by Crippen LogP contribution is -2.09. The largest absolute Gasteiger partial charge is 0.453 e. The van der Waals surface area contributed by atoms with Crippen LogP contribution in [0.15, 0.2) is 48.5 Å². The quantitative estimate of drug-likeness (QED) is 0.527. The van der Waals surface area contributed by atoms with Gasteiger partial charge in [0.05, 0.1) is 12.0 Å². The predicted octanol–water partition coefficient (Wildman–Crippen LogP) is 2.75. The third kappa shape index (κ3) is 2.05. The Bertz CT molecular complexity index is 694. The van der Waals surface area contributed by atoms with Crippen LogP contribution in [0.3, 0.4) is 0 Å². The van der Waals surface area contributed by atoms with Crippen molar-refractivity contribution in [3.05, 3.63) is 65.2 Å². The summed E-state index contributed by atoms with van der Waals surface area (Å²) in [5.74, 6) is -0.503. The first kappa shape index (κ1) is 12.4. The average molecular weight is 267 g/mol. The van der Waals surface area contributed by atoms with Crippen LogP contribution in [-0.2, 0) is 4.74 Å². The number of carbonyl (C=O) groups is 2. The summed E-state index contributed by atoms with van der Waals surface area (Å²) in [5, 5.41) is 0. The van der Waals surface area contributed by atoms with Crippen LogP contribution in [0, 0.1) is 0 Å². The molecule has 2 aromatic rings. The van der Waals surface area contributed by atoms with E-state index < -0.39 is 6.10 Å². The van der Waals surface area contributed by atoms with Crippen LogP contribution in [0.25, 0.3) is 0 Å². The van der Waals surface area contributed by atoms with E-state index in [0.29, 0.717) is 16.8 Å². The number of ketones is 1. The molecule has 4 heteroatoms. The number of fused-ring (bicyclic) bond motifs is 1. The number of cyclic esters (lactones) is 1. The molecule has 0 radical (unpaired) electrons. The number of hydrogen-bond acceptors (Lipinski definition) is 4. The van der Waals surface area contributed by atoms with Crippen molar-refractivity contribution in [2.24, 2.45) is 0 Å². The first-order valence-corrected chi connectivity index (χ1v) is 6.34. The van der Waals surface area contributed by atoms with Gasteiger partial charge in [0.25, 0.3) is 0 Å². The van der Waals surface area contributed by atoms with Gasteiger partial charge < -0.3 is 10.5 Å². The highest BCUT2D eigenvalue weighted by Crippen LogP contribution is 2.34. The summed E-state index contributed by atoms with van der Waals surface area (Å²) in [4.78, 5) is 24.0. The fraction of sp³-hybridized carbons (Fsp3) is 0.125. The number of ether oxygens (including phenoxy) is 1. The van der Waals surface area contributed by atoms with Gasteiger partial charge in [-0.1, -0.05) is 30.3 Å². The zero-order valence-electron chi connectivity index (χ0n) is 10.7. The van der Waals surface area contributed by atoms with E-state index in [0.717, 1.165) is 5.56 Å². The normalized spacial score (nSPS) is 16.6. The van der Waals surface area contributed by atoms with Gasteiger partial charge >= 0.3 is 5.97 Å². The van der Waals surface area contributed by atoms with Gasteiger partial charge in [-0.2, -0.15) is 0 Å². The molecule has 0 spiro atoms. The minimum absolute atomic E-state index is 0.108. The summed E-state index contributed by atoms with van der Waals surface area (Å²) >= 11 is 0. The Kier molecular flexibility index (Phi) is 2.99.